The van der Waals surface area contributed by atoms with Crippen LogP contribution in [0.3, 0.4) is 0 Å². The zero-order chi connectivity index (χ0) is 10.9. The van der Waals surface area contributed by atoms with E-state index in [4.69, 9.17) is 4.74 Å². The molecule has 82 valence electrons. The molecule has 0 saturated carbocycles. The van der Waals surface area contributed by atoms with Crippen molar-refractivity contribution in [3.63, 3.8) is 0 Å². The molecule has 1 aliphatic heterocycles. The summed E-state index contributed by atoms with van der Waals surface area (Å²) < 4.78 is 5.59. The van der Waals surface area contributed by atoms with Crippen LogP contribution in [0.1, 0.15) is 34.6 Å². The van der Waals surface area contributed by atoms with Gasteiger partial charge < -0.3 is 9.64 Å². The van der Waals surface area contributed by atoms with Crippen LogP contribution in [0, 0.1) is 5.41 Å². The molecule has 1 amide bonds. The summed E-state index contributed by atoms with van der Waals surface area (Å²) >= 11 is 0. The van der Waals surface area contributed by atoms with Crippen molar-refractivity contribution in [1.29, 1.82) is 0 Å². The van der Waals surface area contributed by atoms with Crippen LogP contribution in [0.2, 0.25) is 0 Å². The molecule has 0 N–H and O–H groups in total. The molecule has 3 heteroatoms. The molecule has 0 aromatic rings. The van der Waals surface area contributed by atoms with E-state index in [0.717, 1.165) is 13.1 Å². The number of rotatable bonds is 0. The van der Waals surface area contributed by atoms with Gasteiger partial charge in [0, 0.05) is 18.5 Å². The topological polar surface area (TPSA) is 29.5 Å². The Hall–Kier alpha value is -0.570. The predicted molar refractivity (Wildman–Crippen MR) is 56.0 cm³/mol. The SMILES string of the molecule is C[C@H]1CN(C(=O)C(C)(C)C)C[C@H](C)O1. The normalized spacial score (nSPS) is 29.1. The summed E-state index contributed by atoms with van der Waals surface area (Å²) in [5, 5.41) is 0. The lowest BCUT2D eigenvalue weighted by atomic mass is 9.94. The zero-order valence-corrected chi connectivity index (χ0v) is 9.83. The maximum absolute atomic E-state index is 12.0. The fourth-order valence-electron chi connectivity index (χ4n) is 1.82. The number of hydrogen-bond acceptors (Lipinski definition) is 2. The number of nitrogens with zero attached hydrogens (tertiary/aromatic N) is 1. The molecule has 0 aromatic heterocycles. The Kier molecular flexibility index (Phi) is 3.20. The van der Waals surface area contributed by atoms with Crippen molar-refractivity contribution >= 4 is 5.91 Å². The van der Waals surface area contributed by atoms with Crippen molar-refractivity contribution in [1.82, 2.24) is 4.90 Å². The molecule has 1 aliphatic rings. The van der Waals surface area contributed by atoms with E-state index in [9.17, 15) is 4.79 Å². The van der Waals surface area contributed by atoms with Crippen LogP contribution in [0.15, 0.2) is 0 Å². The number of hydrogen-bond donors (Lipinski definition) is 0. The third-order valence-corrected chi connectivity index (χ3v) is 2.35. The van der Waals surface area contributed by atoms with Gasteiger partial charge in [-0.05, 0) is 13.8 Å². The number of ether oxygens (including phenoxy) is 1. The Morgan fingerprint density at radius 1 is 1.21 bits per heavy atom. The van der Waals surface area contributed by atoms with Crippen molar-refractivity contribution in [2.24, 2.45) is 5.41 Å². The summed E-state index contributed by atoms with van der Waals surface area (Å²) in [5.74, 6) is 0.222. The first-order valence-electron chi connectivity index (χ1n) is 5.25. The minimum absolute atomic E-state index is 0.157. The average molecular weight is 199 g/mol. The molecule has 1 saturated heterocycles. The van der Waals surface area contributed by atoms with Gasteiger partial charge >= 0.3 is 0 Å². The van der Waals surface area contributed by atoms with Crippen LogP contribution in [-0.2, 0) is 9.53 Å². The summed E-state index contributed by atoms with van der Waals surface area (Å²) in [6, 6.07) is 0. The first-order valence-corrected chi connectivity index (χ1v) is 5.25. The molecule has 14 heavy (non-hydrogen) atoms. The number of carbonyl (C=O) groups is 1. The first kappa shape index (κ1) is 11.5. The fraction of sp³-hybridized carbons (Fsp3) is 0.909. The first-order chi connectivity index (χ1) is 6.30. The highest BCUT2D eigenvalue weighted by Crippen LogP contribution is 2.20. The van der Waals surface area contributed by atoms with E-state index in [1.165, 1.54) is 0 Å². The summed E-state index contributed by atoms with van der Waals surface area (Å²) in [5.41, 5.74) is -0.281. The Labute approximate surface area is 86.4 Å². The average Bonchev–Trinajstić information content (AvgIpc) is 1.99. The van der Waals surface area contributed by atoms with Crippen LogP contribution in [-0.4, -0.2) is 36.1 Å². The second kappa shape index (κ2) is 3.89. The molecule has 0 aliphatic carbocycles. The van der Waals surface area contributed by atoms with Crippen molar-refractivity contribution in [3.8, 4) is 0 Å². The van der Waals surface area contributed by atoms with E-state index < -0.39 is 0 Å². The van der Waals surface area contributed by atoms with E-state index >= 15 is 0 Å². The highest BCUT2D eigenvalue weighted by Gasteiger charge is 2.32. The van der Waals surface area contributed by atoms with Gasteiger partial charge in [0.2, 0.25) is 5.91 Å². The van der Waals surface area contributed by atoms with E-state index in [1.54, 1.807) is 0 Å². The summed E-state index contributed by atoms with van der Waals surface area (Å²) in [6.07, 6.45) is 0.315. The summed E-state index contributed by atoms with van der Waals surface area (Å²) in [4.78, 5) is 13.9. The van der Waals surface area contributed by atoms with Gasteiger partial charge in [0.05, 0.1) is 12.2 Å². The van der Waals surface area contributed by atoms with Crippen molar-refractivity contribution in [2.75, 3.05) is 13.1 Å². The van der Waals surface area contributed by atoms with Crippen LogP contribution in [0.4, 0.5) is 0 Å². The minimum Gasteiger partial charge on any atom is -0.372 e. The van der Waals surface area contributed by atoms with Gasteiger partial charge in [-0.3, -0.25) is 4.79 Å². The monoisotopic (exact) mass is 199 g/mol. The molecule has 1 rings (SSSR count). The van der Waals surface area contributed by atoms with Gasteiger partial charge in [0.25, 0.3) is 0 Å². The molecular formula is C11H21NO2. The number of morpholine rings is 1. The Balaban J connectivity index is 2.64. The second-order valence-corrected chi connectivity index (χ2v) is 5.22. The smallest absolute Gasteiger partial charge is 0.228 e. The largest absolute Gasteiger partial charge is 0.372 e. The van der Waals surface area contributed by atoms with Gasteiger partial charge in [0.15, 0.2) is 0 Å². The lowest BCUT2D eigenvalue weighted by molar-refractivity contribution is -0.151. The summed E-state index contributed by atoms with van der Waals surface area (Å²) in [6.45, 7) is 11.3. The van der Waals surface area contributed by atoms with Gasteiger partial charge in [-0.25, -0.2) is 0 Å². The Morgan fingerprint density at radius 3 is 2.00 bits per heavy atom. The molecule has 2 atom stereocenters. The molecule has 1 heterocycles. The lowest BCUT2D eigenvalue weighted by Gasteiger charge is -2.38. The number of carbonyl (C=O) groups excluding carboxylic acids is 1. The zero-order valence-electron chi connectivity index (χ0n) is 9.83. The van der Waals surface area contributed by atoms with Crippen molar-refractivity contribution < 1.29 is 9.53 Å². The van der Waals surface area contributed by atoms with Crippen LogP contribution in [0.25, 0.3) is 0 Å². The van der Waals surface area contributed by atoms with Crippen molar-refractivity contribution in [2.45, 2.75) is 46.8 Å². The third kappa shape index (κ3) is 2.71. The van der Waals surface area contributed by atoms with Crippen LogP contribution in [0.5, 0.6) is 0 Å². The maximum Gasteiger partial charge on any atom is 0.228 e. The molecule has 0 radical (unpaired) electrons. The molecule has 0 bridgehead atoms. The van der Waals surface area contributed by atoms with E-state index in [1.807, 2.05) is 39.5 Å². The quantitative estimate of drug-likeness (QED) is 0.594. The minimum atomic E-state index is -0.281. The lowest BCUT2D eigenvalue weighted by Crippen LogP contribution is -2.51. The predicted octanol–water partition coefficient (Wildman–Crippen LogP) is 1.67. The van der Waals surface area contributed by atoms with Gasteiger partial charge in [-0.2, -0.15) is 0 Å². The van der Waals surface area contributed by atoms with E-state index in [0.29, 0.717) is 0 Å². The van der Waals surface area contributed by atoms with Gasteiger partial charge in [0.1, 0.15) is 0 Å². The molecule has 3 nitrogen and oxygen atoms in total. The van der Waals surface area contributed by atoms with Crippen LogP contribution >= 0.6 is 0 Å². The molecule has 0 aromatic carbocycles. The molecular weight excluding hydrogens is 178 g/mol. The molecule has 0 unspecified atom stereocenters. The van der Waals surface area contributed by atoms with Gasteiger partial charge in [-0.1, -0.05) is 20.8 Å². The van der Waals surface area contributed by atoms with Crippen molar-refractivity contribution in [3.05, 3.63) is 0 Å². The summed E-state index contributed by atoms with van der Waals surface area (Å²) in [7, 11) is 0. The van der Waals surface area contributed by atoms with Gasteiger partial charge in [-0.15, -0.1) is 0 Å². The highest BCUT2D eigenvalue weighted by atomic mass is 16.5. The highest BCUT2D eigenvalue weighted by molar-refractivity contribution is 5.81. The standard InChI is InChI=1S/C11H21NO2/c1-8-6-12(7-9(2)14-8)10(13)11(3,4)5/h8-9H,6-7H2,1-5H3/t8-,9-/m0/s1. The maximum atomic E-state index is 12.0. The number of amides is 1. The second-order valence-electron chi connectivity index (χ2n) is 5.22. The fourth-order valence-corrected chi connectivity index (χ4v) is 1.82. The van der Waals surface area contributed by atoms with E-state index in [-0.39, 0.29) is 23.5 Å². The molecule has 0 spiro atoms. The Morgan fingerprint density at radius 2 is 1.64 bits per heavy atom. The van der Waals surface area contributed by atoms with Crippen LogP contribution < -0.4 is 0 Å². The molecule has 1 fully saturated rings. The Bertz CT molecular complexity index is 210. The third-order valence-electron chi connectivity index (χ3n) is 2.35. The van der Waals surface area contributed by atoms with E-state index in [2.05, 4.69) is 0 Å².